The zero-order valence-corrected chi connectivity index (χ0v) is 13.7. The molecule has 0 saturated heterocycles. The van der Waals surface area contributed by atoms with Gasteiger partial charge in [0.15, 0.2) is 5.75 Å². The van der Waals surface area contributed by atoms with Crippen molar-refractivity contribution in [1.29, 1.82) is 0 Å². The zero-order valence-electron chi connectivity index (χ0n) is 12.1. The number of aromatic nitrogens is 2. The Kier molecular flexibility index (Phi) is 4.20. The molecule has 4 nitrogen and oxygen atoms in total. The van der Waals surface area contributed by atoms with E-state index in [1.165, 1.54) is 0 Å². The topological polar surface area (TPSA) is 47.3 Å². The van der Waals surface area contributed by atoms with Gasteiger partial charge in [-0.25, -0.2) is 0 Å². The van der Waals surface area contributed by atoms with Gasteiger partial charge < -0.3 is 9.84 Å². The van der Waals surface area contributed by atoms with Crippen LogP contribution < -0.4 is 4.74 Å². The quantitative estimate of drug-likeness (QED) is 0.928. The minimum absolute atomic E-state index is 0.135. The lowest BCUT2D eigenvalue weighted by atomic mass is 9.91. The van der Waals surface area contributed by atoms with E-state index in [1.54, 1.807) is 24.9 Å². The lowest BCUT2D eigenvalue weighted by molar-refractivity contribution is 0.0868. The molecule has 108 valence electrons. The van der Waals surface area contributed by atoms with Crippen LogP contribution in [0, 0.1) is 0 Å². The van der Waals surface area contributed by atoms with E-state index in [-0.39, 0.29) is 6.04 Å². The van der Waals surface area contributed by atoms with Crippen molar-refractivity contribution in [2.24, 2.45) is 0 Å². The minimum Gasteiger partial charge on any atom is -0.493 e. The van der Waals surface area contributed by atoms with E-state index in [0.29, 0.717) is 11.4 Å². The average molecular weight is 339 g/mol. The first-order valence-electron chi connectivity index (χ1n) is 6.48. The fourth-order valence-electron chi connectivity index (χ4n) is 2.26. The summed E-state index contributed by atoms with van der Waals surface area (Å²) in [5.41, 5.74) is 0.283. The van der Waals surface area contributed by atoms with E-state index in [9.17, 15) is 5.11 Å². The van der Waals surface area contributed by atoms with Crippen LogP contribution in [0.25, 0.3) is 0 Å². The number of nitrogens with zero attached hydrogens (tertiary/aromatic N) is 2. The number of benzene rings is 1. The lowest BCUT2D eigenvalue weighted by Gasteiger charge is -2.27. The fraction of sp³-hybridized carbons (Fsp3) is 0.400. The van der Waals surface area contributed by atoms with Crippen molar-refractivity contribution in [2.45, 2.75) is 32.4 Å². The smallest absolute Gasteiger partial charge is 0.163 e. The number of ether oxygens (including phenoxy) is 1. The fourth-order valence-corrected chi connectivity index (χ4v) is 2.53. The third-order valence-electron chi connectivity index (χ3n) is 3.34. The molecule has 0 radical (unpaired) electrons. The van der Waals surface area contributed by atoms with Crippen molar-refractivity contribution < 1.29 is 9.84 Å². The van der Waals surface area contributed by atoms with Gasteiger partial charge >= 0.3 is 0 Å². The maximum Gasteiger partial charge on any atom is 0.163 e. The van der Waals surface area contributed by atoms with Gasteiger partial charge in [-0.2, -0.15) is 5.10 Å². The Labute approximate surface area is 127 Å². The summed E-state index contributed by atoms with van der Waals surface area (Å²) in [5, 5.41) is 15.3. The summed E-state index contributed by atoms with van der Waals surface area (Å²) in [6.45, 7) is 5.80. The van der Waals surface area contributed by atoms with Crippen molar-refractivity contribution in [2.75, 3.05) is 7.11 Å². The number of rotatable bonds is 4. The molecule has 0 fully saturated rings. The molecule has 2 aromatic rings. The van der Waals surface area contributed by atoms with Crippen molar-refractivity contribution >= 4 is 15.9 Å². The second-order valence-electron chi connectivity index (χ2n) is 5.18. The Balaban J connectivity index is 2.58. The molecule has 0 saturated carbocycles. The normalized spacial score (nSPS) is 14.3. The van der Waals surface area contributed by atoms with E-state index >= 15 is 0 Å². The van der Waals surface area contributed by atoms with E-state index in [2.05, 4.69) is 21.0 Å². The molecule has 20 heavy (non-hydrogen) atoms. The van der Waals surface area contributed by atoms with E-state index in [4.69, 9.17) is 4.74 Å². The van der Waals surface area contributed by atoms with Crippen molar-refractivity contribution in [1.82, 2.24) is 9.78 Å². The molecule has 0 aliphatic carbocycles. The summed E-state index contributed by atoms with van der Waals surface area (Å²) in [6.07, 6.45) is 1.64. The highest BCUT2D eigenvalue weighted by molar-refractivity contribution is 9.10. The molecule has 1 atom stereocenters. The number of methoxy groups -OCH3 is 1. The standard InChI is InChI=1S/C15H19BrN2O2/c1-10(2)18-14(13(20-4)9-17-18)15(3,19)11-5-7-12(16)8-6-11/h5-10,19H,1-4H3. The van der Waals surface area contributed by atoms with Crippen LogP contribution >= 0.6 is 15.9 Å². The van der Waals surface area contributed by atoms with E-state index < -0.39 is 5.60 Å². The lowest BCUT2D eigenvalue weighted by Crippen LogP contribution is -2.28. The molecule has 0 bridgehead atoms. The third kappa shape index (κ3) is 2.60. The Hall–Kier alpha value is -1.33. The van der Waals surface area contributed by atoms with Gasteiger partial charge in [0, 0.05) is 10.5 Å². The Morgan fingerprint density at radius 3 is 2.40 bits per heavy atom. The van der Waals surface area contributed by atoms with E-state index in [0.717, 1.165) is 10.0 Å². The molecule has 0 aliphatic rings. The van der Waals surface area contributed by atoms with Crippen molar-refractivity contribution in [3.63, 3.8) is 0 Å². The van der Waals surface area contributed by atoms with Crippen LogP contribution in [-0.2, 0) is 5.60 Å². The monoisotopic (exact) mass is 338 g/mol. The summed E-state index contributed by atoms with van der Waals surface area (Å²) in [7, 11) is 1.59. The van der Waals surface area contributed by atoms with Gasteiger partial charge in [-0.3, -0.25) is 4.68 Å². The molecule has 1 aromatic heterocycles. The van der Waals surface area contributed by atoms with Crippen LogP contribution in [-0.4, -0.2) is 22.0 Å². The maximum absolute atomic E-state index is 11.0. The summed E-state index contributed by atoms with van der Waals surface area (Å²) < 4.78 is 8.12. The van der Waals surface area contributed by atoms with Gasteiger partial charge in [-0.15, -0.1) is 0 Å². The first kappa shape index (κ1) is 15.1. The van der Waals surface area contributed by atoms with Crippen LogP contribution in [0.4, 0.5) is 0 Å². The summed E-state index contributed by atoms with van der Waals surface area (Å²) in [5.74, 6) is 0.589. The maximum atomic E-state index is 11.0. The predicted octanol–water partition coefficient (Wildman–Crippen LogP) is 3.49. The first-order chi connectivity index (χ1) is 9.37. The van der Waals surface area contributed by atoms with Gasteiger partial charge in [0.1, 0.15) is 11.3 Å². The second-order valence-corrected chi connectivity index (χ2v) is 6.09. The highest BCUT2D eigenvalue weighted by Crippen LogP contribution is 2.37. The predicted molar refractivity (Wildman–Crippen MR) is 82.0 cm³/mol. The minimum atomic E-state index is -1.17. The zero-order chi connectivity index (χ0) is 14.9. The number of hydrogen-bond acceptors (Lipinski definition) is 3. The third-order valence-corrected chi connectivity index (χ3v) is 3.87. The molecule has 1 unspecified atom stereocenters. The van der Waals surface area contributed by atoms with E-state index in [1.807, 2.05) is 38.1 Å². The summed E-state index contributed by atoms with van der Waals surface area (Å²) in [6, 6.07) is 7.73. The Bertz CT molecular complexity index is 588. The molecule has 1 aromatic carbocycles. The molecule has 0 aliphatic heterocycles. The van der Waals surface area contributed by atoms with Crippen molar-refractivity contribution in [3.8, 4) is 5.75 Å². The Morgan fingerprint density at radius 1 is 1.30 bits per heavy atom. The average Bonchev–Trinajstić information content (AvgIpc) is 2.84. The molecule has 0 amide bonds. The van der Waals surface area contributed by atoms with Gasteiger partial charge in [0.05, 0.1) is 13.3 Å². The molecule has 2 rings (SSSR count). The number of aliphatic hydroxyl groups is 1. The van der Waals surface area contributed by atoms with Crippen LogP contribution in [0.5, 0.6) is 5.75 Å². The highest BCUT2D eigenvalue weighted by atomic mass is 79.9. The number of halogens is 1. The SMILES string of the molecule is COc1cnn(C(C)C)c1C(C)(O)c1ccc(Br)cc1. The largest absolute Gasteiger partial charge is 0.493 e. The van der Waals surface area contributed by atoms with Crippen molar-refractivity contribution in [3.05, 3.63) is 46.2 Å². The number of hydrogen-bond donors (Lipinski definition) is 1. The molecular formula is C15H19BrN2O2. The Morgan fingerprint density at radius 2 is 1.90 bits per heavy atom. The van der Waals surface area contributed by atoms with Crippen LogP contribution in [0.2, 0.25) is 0 Å². The summed E-state index contributed by atoms with van der Waals surface area (Å²) in [4.78, 5) is 0. The molecular weight excluding hydrogens is 320 g/mol. The van der Waals surface area contributed by atoms with Crippen LogP contribution in [0.1, 0.15) is 38.1 Å². The van der Waals surface area contributed by atoms with Gasteiger partial charge in [-0.1, -0.05) is 28.1 Å². The van der Waals surface area contributed by atoms with Gasteiger partial charge in [-0.05, 0) is 38.5 Å². The second kappa shape index (κ2) is 5.58. The molecule has 1 N–H and O–H groups in total. The highest BCUT2D eigenvalue weighted by Gasteiger charge is 2.34. The molecule has 0 spiro atoms. The first-order valence-corrected chi connectivity index (χ1v) is 7.27. The molecule has 1 heterocycles. The van der Waals surface area contributed by atoms with Gasteiger partial charge in [0.2, 0.25) is 0 Å². The van der Waals surface area contributed by atoms with Crippen LogP contribution in [0.15, 0.2) is 34.9 Å². The summed E-state index contributed by atoms with van der Waals surface area (Å²) >= 11 is 3.40. The van der Waals surface area contributed by atoms with Gasteiger partial charge in [0.25, 0.3) is 0 Å². The van der Waals surface area contributed by atoms with Crippen LogP contribution in [0.3, 0.4) is 0 Å². The molecule has 5 heteroatoms.